The largest absolute Gasteiger partial charge is 0.435 e. The molecule has 0 aliphatic heterocycles. The molecule has 1 aromatic carbocycles. The highest BCUT2D eigenvalue weighted by Crippen LogP contribution is 2.25. The van der Waals surface area contributed by atoms with Crippen molar-refractivity contribution < 1.29 is 13.5 Å². The summed E-state index contributed by atoms with van der Waals surface area (Å²) in [6.45, 7) is -2.80. The topological polar surface area (TPSA) is 35.2 Å². The van der Waals surface area contributed by atoms with Crippen LogP contribution in [-0.2, 0) is 0 Å². The van der Waals surface area contributed by atoms with Gasteiger partial charge in [-0.15, -0.1) is 23.7 Å². The molecular formula is C12H12ClF2NOS. The standard InChI is InChI=1S/C12H11F2NOS.ClH/c13-12(14)16-9-5-3-8(4-6-9)11(15)10-2-1-7-17-10;/h1-7,11-12H,15H2;1H/t11-;/m0./s1. The molecule has 2 nitrogen and oxygen atoms in total. The van der Waals surface area contributed by atoms with Gasteiger partial charge < -0.3 is 10.5 Å². The fraction of sp³-hybridized carbons (Fsp3) is 0.167. The van der Waals surface area contributed by atoms with Crippen LogP contribution in [0.2, 0.25) is 0 Å². The molecule has 1 atom stereocenters. The Bertz CT molecular complexity index is 461. The van der Waals surface area contributed by atoms with E-state index < -0.39 is 6.61 Å². The molecule has 0 bridgehead atoms. The fourth-order valence-corrected chi connectivity index (χ4v) is 2.24. The Kier molecular flexibility index (Phi) is 5.53. The predicted molar refractivity (Wildman–Crippen MR) is 70.7 cm³/mol. The normalized spacial score (nSPS) is 12.0. The summed E-state index contributed by atoms with van der Waals surface area (Å²) in [5, 5.41) is 1.95. The highest BCUT2D eigenvalue weighted by molar-refractivity contribution is 7.10. The molecular weight excluding hydrogens is 280 g/mol. The minimum absolute atomic E-state index is 0. The quantitative estimate of drug-likeness (QED) is 0.929. The van der Waals surface area contributed by atoms with Crippen molar-refractivity contribution in [3.8, 4) is 5.75 Å². The van der Waals surface area contributed by atoms with E-state index in [0.29, 0.717) is 0 Å². The van der Waals surface area contributed by atoms with Crippen LogP contribution in [0.1, 0.15) is 16.5 Å². The summed E-state index contributed by atoms with van der Waals surface area (Å²) in [6.07, 6.45) is 0. The number of rotatable bonds is 4. The number of thiophene rings is 1. The van der Waals surface area contributed by atoms with Crippen molar-refractivity contribution in [1.82, 2.24) is 0 Å². The van der Waals surface area contributed by atoms with Gasteiger partial charge in [0.15, 0.2) is 0 Å². The molecule has 0 amide bonds. The summed E-state index contributed by atoms with van der Waals surface area (Å²) in [5.41, 5.74) is 6.90. The summed E-state index contributed by atoms with van der Waals surface area (Å²) in [6, 6.07) is 10.0. The molecule has 98 valence electrons. The maximum Gasteiger partial charge on any atom is 0.387 e. The first-order chi connectivity index (χ1) is 8.16. The van der Waals surface area contributed by atoms with Crippen LogP contribution >= 0.6 is 23.7 Å². The van der Waals surface area contributed by atoms with Gasteiger partial charge in [0, 0.05) is 4.88 Å². The van der Waals surface area contributed by atoms with E-state index >= 15 is 0 Å². The third-order valence-corrected chi connectivity index (χ3v) is 3.27. The molecule has 2 aromatic rings. The highest BCUT2D eigenvalue weighted by Gasteiger charge is 2.10. The Hall–Kier alpha value is -1.17. The highest BCUT2D eigenvalue weighted by atomic mass is 35.5. The summed E-state index contributed by atoms with van der Waals surface area (Å²) >= 11 is 1.56. The number of alkyl halides is 2. The van der Waals surface area contributed by atoms with Crippen LogP contribution in [0.25, 0.3) is 0 Å². The van der Waals surface area contributed by atoms with Crippen LogP contribution in [0.4, 0.5) is 8.78 Å². The first-order valence-electron chi connectivity index (χ1n) is 5.00. The molecule has 0 fully saturated rings. The number of hydrogen-bond acceptors (Lipinski definition) is 3. The average Bonchev–Trinajstić information content (AvgIpc) is 2.82. The second-order valence-electron chi connectivity index (χ2n) is 3.44. The van der Waals surface area contributed by atoms with Gasteiger partial charge in [-0.25, -0.2) is 0 Å². The Morgan fingerprint density at radius 1 is 1.11 bits per heavy atom. The minimum Gasteiger partial charge on any atom is -0.435 e. The number of halogens is 3. The Labute approximate surface area is 114 Å². The van der Waals surface area contributed by atoms with Crippen LogP contribution in [0, 0.1) is 0 Å². The Morgan fingerprint density at radius 3 is 2.28 bits per heavy atom. The lowest BCUT2D eigenvalue weighted by Crippen LogP contribution is -2.10. The molecule has 0 aliphatic rings. The third-order valence-electron chi connectivity index (χ3n) is 2.31. The van der Waals surface area contributed by atoms with E-state index in [4.69, 9.17) is 5.73 Å². The van der Waals surface area contributed by atoms with Crippen molar-refractivity contribution in [2.75, 3.05) is 0 Å². The molecule has 1 heterocycles. The number of hydrogen-bond donors (Lipinski definition) is 1. The molecule has 0 aliphatic carbocycles. The molecule has 0 spiro atoms. The van der Waals surface area contributed by atoms with Gasteiger partial charge >= 0.3 is 6.61 Å². The van der Waals surface area contributed by atoms with Crippen LogP contribution in [-0.4, -0.2) is 6.61 Å². The third kappa shape index (κ3) is 3.66. The van der Waals surface area contributed by atoms with E-state index in [9.17, 15) is 8.78 Å². The maximum atomic E-state index is 12.0. The lowest BCUT2D eigenvalue weighted by atomic mass is 10.1. The van der Waals surface area contributed by atoms with Gasteiger partial charge in [-0.2, -0.15) is 8.78 Å². The molecule has 0 saturated heterocycles. The lowest BCUT2D eigenvalue weighted by molar-refractivity contribution is -0.0498. The van der Waals surface area contributed by atoms with Crippen molar-refractivity contribution in [2.24, 2.45) is 5.73 Å². The zero-order valence-electron chi connectivity index (χ0n) is 9.25. The van der Waals surface area contributed by atoms with Crippen LogP contribution in [0.15, 0.2) is 41.8 Å². The Morgan fingerprint density at radius 2 is 1.78 bits per heavy atom. The second-order valence-corrected chi connectivity index (χ2v) is 4.42. The van der Waals surface area contributed by atoms with Crippen molar-refractivity contribution in [2.45, 2.75) is 12.7 Å². The van der Waals surface area contributed by atoms with E-state index in [1.54, 1.807) is 23.5 Å². The molecule has 0 unspecified atom stereocenters. The van der Waals surface area contributed by atoms with Crippen LogP contribution < -0.4 is 10.5 Å². The first-order valence-corrected chi connectivity index (χ1v) is 5.88. The second kappa shape index (κ2) is 6.68. The van der Waals surface area contributed by atoms with Crippen LogP contribution in [0.3, 0.4) is 0 Å². The van der Waals surface area contributed by atoms with E-state index in [2.05, 4.69) is 4.74 Å². The van der Waals surface area contributed by atoms with Crippen LogP contribution in [0.5, 0.6) is 5.75 Å². The fourth-order valence-electron chi connectivity index (χ4n) is 1.49. The maximum absolute atomic E-state index is 12.0. The number of benzene rings is 1. The van der Waals surface area contributed by atoms with Gasteiger partial charge in [0.1, 0.15) is 5.75 Å². The SMILES string of the molecule is Cl.N[C@@H](c1ccc(OC(F)F)cc1)c1cccs1. The van der Waals surface area contributed by atoms with E-state index in [0.717, 1.165) is 10.4 Å². The number of nitrogens with two attached hydrogens (primary N) is 1. The van der Waals surface area contributed by atoms with Crippen molar-refractivity contribution in [3.63, 3.8) is 0 Å². The molecule has 0 radical (unpaired) electrons. The van der Waals surface area contributed by atoms with E-state index in [1.165, 1.54) is 12.1 Å². The van der Waals surface area contributed by atoms with Crippen molar-refractivity contribution in [1.29, 1.82) is 0 Å². The molecule has 1 aromatic heterocycles. The number of ether oxygens (including phenoxy) is 1. The van der Waals surface area contributed by atoms with Gasteiger partial charge in [-0.3, -0.25) is 0 Å². The van der Waals surface area contributed by atoms with Gasteiger partial charge in [0.2, 0.25) is 0 Å². The van der Waals surface area contributed by atoms with E-state index in [-0.39, 0.29) is 24.2 Å². The zero-order chi connectivity index (χ0) is 12.3. The van der Waals surface area contributed by atoms with Gasteiger partial charge in [-0.05, 0) is 29.1 Å². The molecule has 2 rings (SSSR count). The molecule has 18 heavy (non-hydrogen) atoms. The monoisotopic (exact) mass is 291 g/mol. The Balaban J connectivity index is 0.00000162. The summed E-state index contributed by atoms with van der Waals surface area (Å²) < 4.78 is 28.2. The molecule has 2 N–H and O–H groups in total. The van der Waals surface area contributed by atoms with Crippen molar-refractivity contribution in [3.05, 3.63) is 52.2 Å². The van der Waals surface area contributed by atoms with Crippen molar-refractivity contribution >= 4 is 23.7 Å². The van der Waals surface area contributed by atoms with Gasteiger partial charge in [0.05, 0.1) is 6.04 Å². The average molecular weight is 292 g/mol. The smallest absolute Gasteiger partial charge is 0.387 e. The summed E-state index contributed by atoms with van der Waals surface area (Å²) in [7, 11) is 0. The van der Waals surface area contributed by atoms with E-state index in [1.807, 2.05) is 17.5 Å². The lowest BCUT2D eigenvalue weighted by Gasteiger charge is -2.11. The molecule has 0 saturated carbocycles. The molecule has 6 heteroatoms. The first kappa shape index (κ1) is 14.9. The minimum atomic E-state index is -2.80. The van der Waals surface area contributed by atoms with Gasteiger partial charge in [0.25, 0.3) is 0 Å². The van der Waals surface area contributed by atoms with Gasteiger partial charge in [-0.1, -0.05) is 18.2 Å². The zero-order valence-corrected chi connectivity index (χ0v) is 10.9. The summed E-state index contributed by atoms with van der Waals surface area (Å²) in [5.74, 6) is 0.141. The predicted octanol–water partition coefficient (Wildman–Crippen LogP) is 3.82. The summed E-state index contributed by atoms with van der Waals surface area (Å²) in [4.78, 5) is 1.03.